The monoisotopic (exact) mass is 175 g/mol. The number of aromatic amines is 1. The van der Waals surface area contributed by atoms with Crippen LogP contribution in [0, 0.1) is 13.8 Å². The summed E-state index contributed by atoms with van der Waals surface area (Å²) >= 11 is 0. The highest BCUT2D eigenvalue weighted by Gasteiger charge is 2.04. The largest absolute Gasteiger partial charge is 0.496 e. The van der Waals surface area contributed by atoms with Crippen LogP contribution < -0.4 is 4.74 Å². The quantitative estimate of drug-likeness (QED) is 0.708. The summed E-state index contributed by atoms with van der Waals surface area (Å²) in [6.07, 6.45) is 0. The molecule has 68 valence electrons. The van der Waals surface area contributed by atoms with Crippen molar-refractivity contribution in [3.05, 3.63) is 29.5 Å². The summed E-state index contributed by atoms with van der Waals surface area (Å²) in [5.41, 5.74) is 3.53. The second kappa shape index (κ2) is 2.80. The lowest BCUT2D eigenvalue weighted by Gasteiger charge is -2.02. The van der Waals surface area contributed by atoms with Crippen molar-refractivity contribution in [2.45, 2.75) is 13.8 Å². The molecule has 0 saturated heterocycles. The summed E-state index contributed by atoms with van der Waals surface area (Å²) in [4.78, 5) is 3.29. The van der Waals surface area contributed by atoms with E-state index in [1.54, 1.807) is 7.11 Å². The van der Waals surface area contributed by atoms with Crippen LogP contribution in [0.3, 0.4) is 0 Å². The van der Waals surface area contributed by atoms with Gasteiger partial charge >= 0.3 is 0 Å². The molecule has 2 rings (SSSR count). The van der Waals surface area contributed by atoms with Gasteiger partial charge in [0.25, 0.3) is 0 Å². The van der Waals surface area contributed by atoms with Crippen LogP contribution in [0.1, 0.15) is 11.3 Å². The fourth-order valence-electron chi connectivity index (χ4n) is 1.65. The smallest absolute Gasteiger partial charge is 0.128 e. The molecule has 1 N–H and O–H groups in total. The topological polar surface area (TPSA) is 25.0 Å². The molecule has 1 aromatic carbocycles. The van der Waals surface area contributed by atoms with Gasteiger partial charge in [0.2, 0.25) is 0 Å². The van der Waals surface area contributed by atoms with Crippen molar-refractivity contribution in [2.24, 2.45) is 0 Å². The molecule has 0 amide bonds. The maximum absolute atomic E-state index is 5.30. The van der Waals surface area contributed by atoms with Gasteiger partial charge < -0.3 is 9.72 Å². The first-order valence-corrected chi connectivity index (χ1v) is 4.34. The first-order chi connectivity index (χ1) is 6.20. The molecule has 0 aliphatic carbocycles. The number of aryl methyl sites for hydroxylation is 2. The molecule has 0 saturated carbocycles. The van der Waals surface area contributed by atoms with E-state index < -0.39 is 0 Å². The number of aromatic nitrogens is 1. The van der Waals surface area contributed by atoms with E-state index in [0.717, 1.165) is 16.7 Å². The average Bonchev–Trinajstić information content (AvgIpc) is 2.43. The van der Waals surface area contributed by atoms with Crippen LogP contribution in [0.2, 0.25) is 0 Å². The van der Waals surface area contributed by atoms with E-state index >= 15 is 0 Å². The molecule has 1 aromatic heterocycles. The number of fused-ring (bicyclic) bond motifs is 1. The van der Waals surface area contributed by atoms with E-state index in [1.165, 1.54) is 11.3 Å². The van der Waals surface area contributed by atoms with Crippen molar-refractivity contribution >= 4 is 10.9 Å². The zero-order valence-electron chi connectivity index (χ0n) is 8.14. The van der Waals surface area contributed by atoms with Crippen LogP contribution in [0.15, 0.2) is 18.2 Å². The second-order valence-electron chi connectivity index (χ2n) is 3.38. The molecule has 1 heterocycles. The zero-order valence-corrected chi connectivity index (χ0v) is 8.14. The second-order valence-corrected chi connectivity index (χ2v) is 3.38. The van der Waals surface area contributed by atoms with Crippen LogP contribution in [0.4, 0.5) is 0 Å². The van der Waals surface area contributed by atoms with Gasteiger partial charge in [-0.15, -0.1) is 0 Å². The molecule has 2 aromatic rings. The van der Waals surface area contributed by atoms with Gasteiger partial charge in [-0.05, 0) is 37.6 Å². The lowest BCUT2D eigenvalue weighted by Crippen LogP contribution is -1.84. The standard InChI is InChI=1S/C11H13NO/c1-7-4-10-9(6-8(2)12-10)11(5-7)13-3/h4-6,12H,1-3H3. The molecule has 0 bridgehead atoms. The van der Waals surface area contributed by atoms with Gasteiger partial charge in [0.1, 0.15) is 5.75 Å². The summed E-state index contributed by atoms with van der Waals surface area (Å²) in [6, 6.07) is 6.29. The first kappa shape index (κ1) is 8.17. The van der Waals surface area contributed by atoms with E-state index in [4.69, 9.17) is 4.74 Å². The van der Waals surface area contributed by atoms with Crippen molar-refractivity contribution in [2.75, 3.05) is 7.11 Å². The molecular formula is C11H13NO. The molecule has 13 heavy (non-hydrogen) atoms. The minimum atomic E-state index is 0.944. The third-order valence-electron chi connectivity index (χ3n) is 2.20. The Labute approximate surface area is 77.5 Å². The van der Waals surface area contributed by atoms with E-state index in [2.05, 4.69) is 37.0 Å². The Balaban J connectivity index is 2.80. The Morgan fingerprint density at radius 2 is 1.92 bits per heavy atom. The Morgan fingerprint density at radius 3 is 2.62 bits per heavy atom. The van der Waals surface area contributed by atoms with Crippen LogP contribution in [-0.4, -0.2) is 12.1 Å². The highest BCUT2D eigenvalue weighted by molar-refractivity contribution is 5.87. The molecule has 0 unspecified atom stereocenters. The maximum atomic E-state index is 5.30. The zero-order chi connectivity index (χ0) is 9.42. The number of benzene rings is 1. The minimum Gasteiger partial charge on any atom is -0.496 e. The number of hydrogen-bond acceptors (Lipinski definition) is 1. The third-order valence-corrected chi connectivity index (χ3v) is 2.20. The average molecular weight is 175 g/mol. The predicted molar refractivity (Wildman–Crippen MR) is 54.3 cm³/mol. The molecule has 0 radical (unpaired) electrons. The van der Waals surface area contributed by atoms with Gasteiger partial charge in [-0.25, -0.2) is 0 Å². The number of H-pyrrole nitrogens is 1. The third kappa shape index (κ3) is 1.28. The fraction of sp³-hybridized carbons (Fsp3) is 0.273. The fourth-order valence-corrected chi connectivity index (χ4v) is 1.65. The van der Waals surface area contributed by atoms with E-state index in [0.29, 0.717) is 0 Å². The first-order valence-electron chi connectivity index (χ1n) is 4.34. The molecule has 0 spiro atoms. The molecule has 0 fully saturated rings. The summed E-state index contributed by atoms with van der Waals surface area (Å²) in [5.74, 6) is 0.944. The predicted octanol–water partition coefficient (Wildman–Crippen LogP) is 2.79. The lowest BCUT2D eigenvalue weighted by atomic mass is 10.1. The Morgan fingerprint density at radius 1 is 1.15 bits per heavy atom. The highest BCUT2D eigenvalue weighted by atomic mass is 16.5. The summed E-state index contributed by atoms with van der Waals surface area (Å²) in [6.45, 7) is 4.12. The normalized spacial score (nSPS) is 10.7. The van der Waals surface area contributed by atoms with Gasteiger partial charge in [0, 0.05) is 16.6 Å². The minimum absolute atomic E-state index is 0.944. The summed E-state index contributed by atoms with van der Waals surface area (Å²) < 4.78 is 5.30. The van der Waals surface area contributed by atoms with Crippen LogP contribution in [0.25, 0.3) is 10.9 Å². The highest BCUT2D eigenvalue weighted by Crippen LogP contribution is 2.27. The van der Waals surface area contributed by atoms with Gasteiger partial charge in [-0.1, -0.05) is 0 Å². The van der Waals surface area contributed by atoms with Crippen molar-refractivity contribution in [1.82, 2.24) is 4.98 Å². The van der Waals surface area contributed by atoms with Crippen LogP contribution >= 0.6 is 0 Å². The number of rotatable bonds is 1. The van der Waals surface area contributed by atoms with E-state index in [-0.39, 0.29) is 0 Å². The number of nitrogens with one attached hydrogen (secondary N) is 1. The maximum Gasteiger partial charge on any atom is 0.128 e. The van der Waals surface area contributed by atoms with Crippen molar-refractivity contribution in [1.29, 1.82) is 0 Å². The van der Waals surface area contributed by atoms with Crippen molar-refractivity contribution in [3.8, 4) is 5.75 Å². The van der Waals surface area contributed by atoms with Gasteiger partial charge in [-0.3, -0.25) is 0 Å². The number of methoxy groups -OCH3 is 1. The van der Waals surface area contributed by atoms with Gasteiger partial charge in [-0.2, -0.15) is 0 Å². The Bertz CT molecular complexity index is 443. The van der Waals surface area contributed by atoms with E-state index in [9.17, 15) is 0 Å². The van der Waals surface area contributed by atoms with Crippen LogP contribution in [-0.2, 0) is 0 Å². The molecule has 0 aliphatic rings. The summed E-state index contributed by atoms with van der Waals surface area (Å²) in [7, 11) is 1.70. The Hall–Kier alpha value is -1.44. The van der Waals surface area contributed by atoms with Gasteiger partial charge in [0.05, 0.1) is 7.11 Å². The SMILES string of the molecule is COc1cc(C)cc2[nH]c(C)cc12. The lowest BCUT2D eigenvalue weighted by molar-refractivity contribution is 0.419. The molecule has 2 heteroatoms. The van der Waals surface area contributed by atoms with Gasteiger partial charge in [0.15, 0.2) is 0 Å². The van der Waals surface area contributed by atoms with Crippen molar-refractivity contribution < 1.29 is 4.74 Å². The number of ether oxygens (including phenoxy) is 1. The molecule has 0 atom stereocenters. The van der Waals surface area contributed by atoms with Crippen molar-refractivity contribution in [3.63, 3.8) is 0 Å². The Kier molecular flexibility index (Phi) is 1.76. The number of hydrogen-bond donors (Lipinski definition) is 1. The molecule has 2 nitrogen and oxygen atoms in total. The molecular weight excluding hydrogens is 162 g/mol. The van der Waals surface area contributed by atoms with E-state index in [1.807, 2.05) is 0 Å². The molecule has 0 aliphatic heterocycles. The summed E-state index contributed by atoms with van der Waals surface area (Å²) in [5, 5.41) is 1.16. The van der Waals surface area contributed by atoms with Crippen LogP contribution in [0.5, 0.6) is 5.75 Å².